The second-order valence-corrected chi connectivity index (χ2v) is 5.91. The largest absolute Gasteiger partial charge is 0.342 e. The monoisotopic (exact) mass is 245 g/mol. The molecule has 0 bridgehead atoms. The topological polar surface area (TPSA) is 20.3 Å². The molecular weight excluding hydrogens is 222 g/mol. The molecule has 1 aliphatic rings. The Balaban J connectivity index is 2.04. The van der Waals surface area contributed by atoms with Gasteiger partial charge in [0.25, 0.3) is 0 Å². The van der Waals surface area contributed by atoms with Crippen molar-refractivity contribution in [1.29, 1.82) is 0 Å². The Labute approximate surface area is 110 Å². The number of hydrogen-bond acceptors (Lipinski definition) is 1. The van der Waals surface area contributed by atoms with Crippen LogP contribution in [0.3, 0.4) is 0 Å². The van der Waals surface area contributed by atoms with Crippen LogP contribution in [-0.2, 0) is 10.2 Å². The van der Waals surface area contributed by atoms with Crippen LogP contribution in [-0.4, -0.2) is 23.9 Å². The molecular formula is C16H23NO. The molecule has 1 amide bonds. The zero-order valence-corrected chi connectivity index (χ0v) is 11.6. The summed E-state index contributed by atoms with van der Waals surface area (Å²) in [5.74, 6) is 0.413. The van der Waals surface area contributed by atoms with E-state index in [-0.39, 0.29) is 11.3 Å². The van der Waals surface area contributed by atoms with Gasteiger partial charge in [0, 0.05) is 19.0 Å². The average Bonchev–Trinajstić information content (AvgIpc) is 2.40. The first-order valence-corrected chi connectivity index (χ1v) is 6.87. The summed E-state index contributed by atoms with van der Waals surface area (Å²) in [4.78, 5) is 14.0. The third-order valence-corrected chi connectivity index (χ3v) is 4.14. The van der Waals surface area contributed by atoms with Crippen molar-refractivity contribution in [3.8, 4) is 0 Å². The molecule has 1 saturated heterocycles. The van der Waals surface area contributed by atoms with Gasteiger partial charge in [-0.3, -0.25) is 4.79 Å². The minimum Gasteiger partial charge on any atom is -0.342 e. The number of amides is 1. The summed E-state index contributed by atoms with van der Waals surface area (Å²) < 4.78 is 0. The van der Waals surface area contributed by atoms with Crippen molar-refractivity contribution in [3.63, 3.8) is 0 Å². The van der Waals surface area contributed by atoms with E-state index in [1.807, 2.05) is 18.7 Å². The Hall–Kier alpha value is -1.31. The number of hydrogen-bond donors (Lipinski definition) is 0. The number of carbonyl (C=O) groups is 1. The van der Waals surface area contributed by atoms with E-state index in [0.29, 0.717) is 5.91 Å². The summed E-state index contributed by atoms with van der Waals surface area (Å²) in [7, 11) is 0. The van der Waals surface area contributed by atoms with Gasteiger partial charge in [0.2, 0.25) is 5.91 Å². The Bertz CT molecular complexity index is 402. The number of likely N-dealkylation sites (tertiary alicyclic amines) is 1. The maximum Gasteiger partial charge on any atom is 0.225 e. The van der Waals surface area contributed by atoms with Gasteiger partial charge in [-0.25, -0.2) is 0 Å². The molecule has 0 aliphatic carbocycles. The molecule has 1 aromatic carbocycles. The first kappa shape index (κ1) is 13.1. The fourth-order valence-corrected chi connectivity index (χ4v) is 2.71. The van der Waals surface area contributed by atoms with Crippen molar-refractivity contribution in [1.82, 2.24) is 4.90 Å². The number of carbonyl (C=O) groups excluding carboxylic acids is 1. The molecule has 18 heavy (non-hydrogen) atoms. The second kappa shape index (κ2) is 5.13. The van der Waals surface area contributed by atoms with E-state index < -0.39 is 0 Å². The van der Waals surface area contributed by atoms with E-state index >= 15 is 0 Å². The van der Waals surface area contributed by atoms with Crippen LogP contribution >= 0.6 is 0 Å². The fraction of sp³-hybridized carbons (Fsp3) is 0.562. The predicted octanol–water partition coefficient (Wildman–Crippen LogP) is 3.22. The van der Waals surface area contributed by atoms with Gasteiger partial charge in [0.05, 0.1) is 0 Å². The maximum absolute atomic E-state index is 12.0. The van der Waals surface area contributed by atoms with E-state index in [9.17, 15) is 4.79 Å². The molecule has 2 heteroatoms. The third kappa shape index (κ3) is 2.58. The smallest absolute Gasteiger partial charge is 0.225 e. The molecule has 2 nitrogen and oxygen atoms in total. The first-order chi connectivity index (χ1) is 8.53. The Morgan fingerprint density at radius 1 is 1.17 bits per heavy atom. The van der Waals surface area contributed by atoms with Crippen LogP contribution in [0.4, 0.5) is 0 Å². The van der Waals surface area contributed by atoms with Gasteiger partial charge in [-0.1, -0.05) is 51.1 Å². The predicted molar refractivity (Wildman–Crippen MR) is 74.4 cm³/mol. The molecule has 0 unspecified atom stereocenters. The summed E-state index contributed by atoms with van der Waals surface area (Å²) in [6, 6.07) is 10.7. The Morgan fingerprint density at radius 3 is 2.22 bits per heavy atom. The highest BCUT2D eigenvalue weighted by atomic mass is 16.2. The number of nitrogens with zero attached hydrogens (tertiary/aromatic N) is 1. The van der Waals surface area contributed by atoms with Crippen LogP contribution in [0.15, 0.2) is 30.3 Å². The standard InChI is InChI=1S/C16H23NO/c1-13(2)15(18)17-11-9-16(3,10-12-17)14-7-5-4-6-8-14/h4-8,13H,9-12H2,1-3H3. The molecule has 0 spiro atoms. The Morgan fingerprint density at radius 2 is 1.72 bits per heavy atom. The lowest BCUT2D eigenvalue weighted by Gasteiger charge is -2.40. The molecule has 1 aromatic rings. The van der Waals surface area contributed by atoms with Crippen LogP contribution in [0.2, 0.25) is 0 Å². The lowest BCUT2D eigenvalue weighted by atomic mass is 9.74. The zero-order chi connectivity index (χ0) is 13.2. The van der Waals surface area contributed by atoms with Gasteiger partial charge >= 0.3 is 0 Å². The van der Waals surface area contributed by atoms with Gasteiger partial charge in [-0.05, 0) is 23.8 Å². The lowest BCUT2D eigenvalue weighted by molar-refractivity contribution is -0.136. The maximum atomic E-state index is 12.0. The normalized spacial score (nSPS) is 19.0. The van der Waals surface area contributed by atoms with Crippen molar-refractivity contribution >= 4 is 5.91 Å². The summed E-state index contributed by atoms with van der Waals surface area (Å²) >= 11 is 0. The van der Waals surface area contributed by atoms with Gasteiger partial charge in [0.1, 0.15) is 0 Å². The van der Waals surface area contributed by atoms with Crippen molar-refractivity contribution in [3.05, 3.63) is 35.9 Å². The van der Waals surface area contributed by atoms with Gasteiger partial charge in [-0.2, -0.15) is 0 Å². The number of piperidine rings is 1. The molecule has 0 radical (unpaired) electrons. The van der Waals surface area contributed by atoms with Crippen molar-refractivity contribution < 1.29 is 4.79 Å². The molecule has 0 saturated carbocycles. The van der Waals surface area contributed by atoms with E-state index in [1.54, 1.807) is 0 Å². The SMILES string of the molecule is CC(C)C(=O)N1CCC(C)(c2ccccc2)CC1. The number of benzene rings is 1. The molecule has 0 N–H and O–H groups in total. The highest BCUT2D eigenvalue weighted by Crippen LogP contribution is 2.35. The quantitative estimate of drug-likeness (QED) is 0.783. The van der Waals surface area contributed by atoms with Gasteiger partial charge in [-0.15, -0.1) is 0 Å². The minimum atomic E-state index is 0.117. The van der Waals surface area contributed by atoms with Crippen LogP contribution in [0.1, 0.15) is 39.2 Å². The minimum absolute atomic E-state index is 0.117. The molecule has 98 valence electrons. The van der Waals surface area contributed by atoms with Crippen molar-refractivity contribution in [2.75, 3.05) is 13.1 Å². The van der Waals surface area contributed by atoms with Gasteiger partial charge in [0.15, 0.2) is 0 Å². The molecule has 0 aromatic heterocycles. The van der Waals surface area contributed by atoms with Crippen molar-refractivity contribution in [2.24, 2.45) is 5.92 Å². The number of rotatable bonds is 2. The van der Waals surface area contributed by atoms with E-state index in [1.165, 1.54) is 5.56 Å². The summed E-state index contributed by atoms with van der Waals surface area (Å²) in [5, 5.41) is 0. The fourth-order valence-electron chi connectivity index (χ4n) is 2.71. The lowest BCUT2D eigenvalue weighted by Crippen LogP contribution is -2.45. The van der Waals surface area contributed by atoms with Crippen LogP contribution in [0.5, 0.6) is 0 Å². The summed E-state index contributed by atoms with van der Waals surface area (Å²) in [6.07, 6.45) is 2.13. The van der Waals surface area contributed by atoms with Crippen molar-refractivity contribution in [2.45, 2.75) is 39.0 Å². The van der Waals surface area contributed by atoms with Crippen LogP contribution in [0, 0.1) is 5.92 Å². The first-order valence-electron chi connectivity index (χ1n) is 6.87. The molecule has 2 rings (SSSR count). The molecule has 0 atom stereocenters. The van der Waals surface area contributed by atoms with Crippen LogP contribution in [0.25, 0.3) is 0 Å². The highest BCUT2D eigenvalue weighted by molar-refractivity contribution is 5.78. The van der Waals surface area contributed by atoms with Gasteiger partial charge < -0.3 is 4.90 Å². The third-order valence-electron chi connectivity index (χ3n) is 4.14. The van der Waals surface area contributed by atoms with E-state index in [0.717, 1.165) is 25.9 Å². The Kier molecular flexibility index (Phi) is 3.74. The van der Waals surface area contributed by atoms with E-state index in [4.69, 9.17) is 0 Å². The van der Waals surface area contributed by atoms with Crippen LogP contribution < -0.4 is 0 Å². The summed E-state index contributed by atoms with van der Waals surface area (Å²) in [6.45, 7) is 8.06. The van der Waals surface area contributed by atoms with E-state index in [2.05, 4.69) is 37.3 Å². The highest BCUT2D eigenvalue weighted by Gasteiger charge is 2.33. The summed E-state index contributed by atoms with van der Waals surface area (Å²) in [5.41, 5.74) is 1.64. The molecule has 1 aliphatic heterocycles. The molecule has 1 heterocycles. The average molecular weight is 245 g/mol. The second-order valence-electron chi connectivity index (χ2n) is 5.91. The molecule has 1 fully saturated rings. The zero-order valence-electron chi connectivity index (χ0n) is 11.6.